The zero-order chi connectivity index (χ0) is 26.9. The van der Waals surface area contributed by atoms with Gasteiger partial charge in [0.1, 0.15) is 17.0 Å². The van der Waals surface area contributed by atoms with Crippen LogP contribution in [0.15, 0.2) is 65.6 Å². The molecular formula is C28H25N5O5S. The molecule has 10 nitrogen and oxygen atoms in total. The van der Waals surface area contributed by atoms with E-state index in [4.69, 9.17) is 14.5 Å². The van der Waals surface area contributed by atoms with Crippen LogP contribution < -0.4 is 10.3 Å². The maximum Gasteiger partial charge on any atom is 0.410 e. The topological polar surface area (TPSA) is 106 Å². The third-order valence-corrected chi connectivity index (χ3v) is 7.82. The van der Waals surface area contributed by atoms with Crippen LogP contribution in [0.4, 0.5) is 10.7 Å². The number of ether oxygens (including phenoxy) is 2. The summed E-state index contributed by atoms with van der Waals surface area (Å²) in [7, 11) is 0. The molecule has 1 saturated heterocycles. The lowest BCUT2D eigenvalue weighted by atomic mass is 10.2. The van der Waals surface area contributed by atoms with E-state index < -0.39 is 11.4 Å². The molecule has 0 unspecified atom stereocenters. The van der Waals surface area contributed by atoms with Crippen LogP contribution in [0.1, 0.15) is 22.8 Å². The molecule has 0 spiro atoms. The second-order valence-corrected chi connectivity index (χ2v) is 10.1. The Balaban J connectivity index is 1.30. The predicted molar refractivity (Wildman–Crippen MR) is 149 cm³/mol. The van der Waals surface area contributed by atoms with E-state index >= 15 is 0 Å². The lowest BCUT2D eigenvalue weighted by molar-refractivity contribution is 0.0527. The fourth-order valence-corrected chi connectivity index (χ4v) is 5.90. The molecule has 2 aromatic carbocycles. The largest absolute Gasteiger partial charge is 0.462 e. The van der Waals surface area contributed by atoms with Crippen molar-refractivity contribution in [3.63, 3.8) is 0 Å². The molecule has 0 bridgehead atoms. The number of rotatable bonds is 5. The minimum atomic E-state index is -0.659. The lowest BCUT2D eigenvalue weighted by Gasteiger charge is -2.34. The van der Waals surface area contributed by atoms with Crippen molar-refractivity contribution in [3.8, 4) is 0 Å². The van der Waals surface area contributed by atoms with Gasteiger partial charge in [0.15, 0.2) is 5.65 Å². The summed E-state index contributed by atoms with van der Waals surface area (Å²) in [6.07, 6.45) is 1.12. The van der Waals surface area contributed by atoms with Gasteiger partial charge in [0.2, 0.25) is 11.4 Å². The van der Waals surface area contributed by atoms with Crippen LogP contribution in [0.3, 0.4) is 0 Å². The Morgan fingerprint density at radius 2 is 1.72 bits per heavy atom. The van der Waals surface area contributed by atoms with E-state index in [0.717, 1.165) is 15.8 Å². The molecular weight excluding hydrogens is 518 g/mol. The van der Waals surface area contributed by atoms with Crippen molar-refractivity contribution in [3.05, 3.63) is 82.1 Å². The van der Waals surface area contributed by atoms with E-state index in [2.05, 4.69) is 4.98 Å². The molecule has 6 rings (SSSR count). The Bertz CT molecular complexity index is 1760. The number of benzene rings is 2. The molecule has 0 radical (unpaired) electrons. The van der Waals surface area contributed by atoms with Gasteiger partial charge >= 0.3 is 12.1 Å². The highest BCUT2D eigenvalue weighted by Crippen LogP contribution is 2.31. The third kappa shape index (κ3) is 4.54. The summed E-state index contributed by atoms with van der Waals surface area (Å²) in [5.74, 6) is -0.208. The molecule has 1 fully saturated rings. The van der Waals surface area contributed by atoms with Crippen LogP contribution in [-0.2, 0) is 16.1 Å². The van der Waals surface area contributed by atoms with Gasteiger partial charge in [0.25, 0.3) is 0 Å². The summed E-state index contributed by atoms with van der Waals surface area (Å²) >= 11 is 1.35. The van der Waals surface area contributed by atoms with E-state index in [1.807, 2.05) is 63.9 Å². The van der Waals surface area contributed by atoms with Crippen LogP contribution in [0.2, 0.25) is 0 Å². The smallest absolute Gasteiger partial charge is 0.410 e. The first-order valence-electron chi connectivity index (χ1n) is 12.7. The van der Waals surface area contributed by atoms with E-state index in [0.29, 0.717) is 42.6 Å². The monoisotopic (exact) mass is 543 g/mol. The van der Waals surface area contributed by atoms with Crippen molar-refractivity contribution in [2.75, 3.05) is 37.7 Å². The summed E-state index contributed by atoms with van der Waals surface area (Å²) in [5.41, 5.74) is 1.73. The van der Waals surface area contributed by atoms with E-state index in [1.54, 1.807) is 11.8 Å². The molecule has 5 aromatic rings. The van der Waals surface area contributed by atoms with Gasteiger partial charge in [-0.2, -0.15) is 4.98 Å². The van der Waals surface area contributed by atoms with Gasteiger partial charge in [-0.05, 0) is 24.6 Å². The standard InChI is InChI=1S/C28H25N5O5S/c1-2-37-26(35)22-23(34)19-16-29-27(30-24(19)33-20-10-6-7-11-21(20)39-25(22)33)31-12-14-32(15-13-31)28(36)38-17-18-8-4-3-5-9-18/h3-11,16H,2,12-15,17H2,1H3. The van der Waals surface area contributed by atoms with Crippen LogP contribution >= 0.6 is 11.3 Å². The number of amides is 1. The van der Waals surface area contributed by atoms with Gasteiger partial charge in [-0.25, -0.2) is 14.6 Å². The molecule has 4 heterocycles. The van der Waals surface area contributed by atoms with Crippen molar-refractivity contribution >= 4 is 55.4 Å². The van der Waals surface area contributed by atoms with Crippen molar-refractivity contribution in [1.82, 2.24) is 19.3 Å². The van der Waals surface area contributed by atoms with Crippen LogP contribution in [0.25, 0.3) is 26.1 Å². The number of thiazole rings is 1. The maximum atomic E-state index is 13.4. The van der Waals surface area contributed by atoms with Crippen LogP contribution in [0.5, 0.6) is 0 Å². The number of aromatic nitrogens is 3. The Hall–Kier alpha value is -4.51. The minimum absolute atomic E-state index is 0.00969. The first kappa shape index (κ1) is 24.8. The predicted octanol–water partition coefficient (Wildman–Crippen LogP) is 4.09. The molecule has 1 aliphatic heterocycles. The zero-order valence-corrected chi connectivity index (χ0v) is 22.0. The number of anilines is 1. The molecule has 3 aromatic heterocycles. The summed E-state index contributed by atoms with van der Waals surface area (Å²) in [6.45, 7) is 4.01. The van der Waals surface area contributed by atoms with Gasteiger partial charge in [0, 0.05) is 32.4 Å². The average Bonchev–Trinajstić information content (AvgIpc) is 3.36. The minimum Gasteiger partial charge on any atom is -0.462 e. The van der Waals surface area contributed by atoms with Gasteiger partial charge < -0.3 is 19.3 Å². The van der Waals surface area contributed by atoms with Crippen molar-refractivity contribution < 1.29 is 19.1 Å². The lowest BCUT2D eigenvalue weighted by Crippen LogP contribution is -2.49. The Labute approximate surface area is 227 Å². The molecule has 0 aliphatic carbocycles. The van der Waals surface area contributed by atoms with Gasteiger partial charge in [-0.15, -0.1) is 11.3 Å². The number of fused-ring (bicyclic) bond motifs is 5. The highest BCUT2D eigenvalue weighted by molar-refractivity contribution is 7.24. The molecule has 198 valence electrons. The number of carbonyl (C=O) groups is 2. The molecule has 0 N–H and O–H groups in total. The van der Waals surface area contributed by atoms with E-state index in [1.165, 1.54) is 17.5 Å². The Morgan fingerprint density at radius 3 is 2.49 bits per heavy atom. The van der Waals surface area contributed by atoms with Crippen molar-refractivity contribution in [2.45, 2.75) is 13.5 Å². The maximum absolute atomic E-state index is 13.4. The molecule has 39 heavy (non-hydrogen) atoms. The molecule has 0 saturated carbocycles. The Kier molecular flexibility index (Phi) is 6.57. The molecule has 11 heteroatoms. The SMILES string of the molecule is CCOC(=O)c1c(=O)c2cnc(N3CCN(C(=O)OCc4ccccc4)CC3)nc2n2c1sc1ccccc12. The first-order chi connectivity index (χ1) is 19.0. The second-order valence-electron chi connectivity index (χ2n) is 9.06. The summed E-state index contributed by atoms with van der Waals surface area (Å²) in [5, 5.41) is 0.242. The number of pyridine rings is 1. The normalized spacial score (nSPS) is 13.8. The average molecular weight is 544 g/mol. The van der Waals surface area contributed by atoms with Crippen LogP contribution in [-0.4, -0.2) is 64.1 Å². The van der Waals surface area contributed by atoms with Gasteiger partial charge in [-0.3, -0.25) is 9.20 Å². The number of esters is 1. The highest BCUT2D eigenvalue weighted by atomic mass is 32.1. The quantitative estimate of drug-likeness (QED) is 0.305. The summed E-state index contributed by atoms with van der Waals surface area (Å²) in [6, 6.07) is 17.2. The molecule has 1 amide bonds. The number of hydrogen-bond donors (Lipinski definition) is 0. The van der Waals surface area contributed by atoms with Crippen LogP contribution in [0, 0.1) is 0 Å². The van der Waals surface area contributed by atoms with Crippen molar-refractivity contribution in [1.29, 1.82) is 0 Å². The van der Waals surface area contributed by atoms with Crippen molar-refractivity contribution in [2.24, 2.45) is 0 Å². The fraction of sp³-hybridized carbons (Fsp3) is 0.250. The van der Waals surface area contributed by atoms with E-state index in [9.17, 15) is 14.4 Å². The molecule has 1 aliphatic rings. The fourth-order valence-electron chi connectivity index (χ4n) is 4.72. The number of hydrogen-bond acceptors (Lipinski definition) is 9. The van der Waals surface area contributed by atoms with E-state index in [-0.39, 0.29) is 30.3 Å². The first-order valence-corrected chi connectivity index (χ1v) is 13.5. The number of piperazine rings is 1. The zero-order valence-electron chi connectivity index (χ0n) is 21.2. The Morgan fingerprint density at radius 1 is 0.974 bits per heavy atom. The highest BCUT2D eigenvalue weighted by Gasteiger charge is 2.27. The number of nitrogens with zero attached hydrogens (tertiary/aromatic N) is 5. The number of carbonyl (C=O) groups excluding carboxylic acids is 2. The van der Waals surface area contributed by atoms with Gasteiger partial charge in [0.05, 0.1) is 22.2 Å². The summed E-state index contributed by atoms with van der Waals surface area (Å²) < 4.78 is 13.4. The number of para-hydroxylation sites is 1. The molecule has 0 atom stereocenters. The second kappa shape index (κ2) is 10.3. The van der Waals surface area contributed by atoms with Gasteiger partial charge in [-0.1, -0.05) is 42.5 Å². The summed E-state index contributed by atoms with van der Waals surface area (Å²) in [4.78, 5) is 52.2. The third-order valence-electron chi connectivity index (χ3n) is 6.67.